The first-order valence-corrected chi connectivity index (χ1v) is 8.90. The van der Waals surface area contributed by atoms with Gasteiger partial charge in [-0.25, -0.2) is 13.1 Å². The number of ether oxygens (including phenoxy) is 2. The van der Waals surface area contributed by atoms with Gasteiger partial charge in [0, 0.05) is 23.1 Å². The molecule has 0 amide bonds. The third-order valence-corrected chi connectivity index (χ3v) is 5.79. The van der Waals surface area contributed by atoms with Gasteiger partial charge >= 0.3 is 0 Å². The topological polar surface area (TPSA) is 76.7 Å². The second-order valence-corrected chi connectivity index (χ2v) is 7.37. The molecule has 1 heterocycles. The second-order valence-electron chi connectivity index (χ2n) is 4.78. The minimum absolute atomic E-state index is 0.137. The van der Waals surface area contributed by atoms with Crippen molar-refractivity contribution in [1.29, 1.82) is 0 Å². The SMILES string of the molecule is COc1cc(Br)c(S(=O)(=O)NC[C@H]2CCCN2)cc1OC. The Labute approximate surface area is 133 Å². The molecule has 2 N–H and O–H groups in total. The Bertz CT molecular complexity index is 600. The molecule has 1 atom stereocenters. The zero-order valence-electron chi connectivity index (χ0n) is 12.0. The summed E-state index contributed by atoms with van der Waals surface area (Å²) < 4.78 is 38.2. The minimum atomic E-state index is -3.61. The molecule has 0 bridgehead atoms. The largest absolute Gasteiger partial charge is 0.493 e. The molecule has 0 spiro atoms. The van der Waals surface area contributed by atoms with Gasteiger partial charge in [-0.2, -0.15) is 0 Å². The lowest BCUT2D eigenvalue weighted by molar-refractivity contribution is 0.353. The van der Waals surface area contributed by atoms with Crippen LogP contribution in [-0.4, -0.2) is 41.8 Å². The zero-order valence-corrected chi connectivity index (χ0v) is 14.4. The molecule has 0 aliphatic carbocycles. The highest BCUT2D eigenvalue weighted by atomic mass is 79.9. The van der Waals surface area contributed by atoms with Crippen molar-refractivity contribution >= 4 is 26.0 Å². The smallest absolute Gasteiger partial charge is 0.241 e. The van der Waals surface area contributed by atoms with Gasteiger partial charge in [-0.05, 0) is 41.4 Å². The fraction of sp³-hybridized carbons (Fsp3) is 0.538. The van der Waals surface area contributed by atoms with Crippen molar-refractivity contribution in [2.24, 2.45) is 0 Å². The maximum absolute atomic E-state index is 12.4. The van der Waals surface area contributed by atoms with E-state index < -0.39 is 10.0 Å². The molecule has 1 fully saturated rings. The summed E-state index contributed by atoms with van der Waals surface area (Å²) in [5, 5.41) is 3.25. The van der Waals surface area contributed by atoms with Crippen molar-refractivity contribution in [1.82, 2.24) is 10.0 Å². The van der Waals surface area contributed by atoms with Crippen molar-refractivity contribution in [3.63, 3.8) is 0 Å². The van der Waals surface area contributed by atoms with Gasteiger partial charge in [0.05, 0.1) is 14.2 Å². The lowest BCUT2D eigenvalue weighted by atomic mass is 10.2. The number of rotatable bonds is 6. The summed E-state index contributed by atoms with van der Waals surface area (Å²) in [6.45, 7) is 1.32. The van der Waals surface area contributed by atoms with Gasteiger partial charge in [0.1, 0.15) is 4.90 Å². The number of halogens is 1. The fourth-order valence-corrected chi connectivity index (χ4v) is 4.38. The average Bonchev–Trinajstić information content (AvgIpc) is 2.98. The van der Waals surface area contributed by atoms with Gasteiger partial charge in [0.25, 0.3) is 0 Å². The van der Waals surface area contributed by atoms with Gasteiger partial charge in [-0.15, -0.1) is 0 Å². The van der Waals surface area contributed by atoms with Crippen LogP contribution < -0.4 is 19.5 Å². The van der Waals surface area contributed by atoms with Crippen molar-refractivity contribution < 1.29 is 17.9 Å². The molecule has 2 rings (SSSR count). The van der Waals surface area contributed by atoms with Crippen LogP contribution in [-0.2, 0) is 10.0 Å². The van der Waals surface area contributed by atoms with E-state index in [4.69, 9.17) is 9.47 Å². The van der Waals surface area contributed by atoms with Gasteiger partial charge in [-0.3, -0.25) is 0 Å². The van der Waals surface area contributed by atoms with E-state index >= 15 is 0 Å². The van der Waals surface area contributed by atoms with Gasteiger partial charge in [-0.1, -0.05) is 0 Å². The summed E-state index contributed by atoms with van der Waals surface area (Å²) in [5.41, 5.74) is 0. The Kier molecular flexibility index (Phi) is 5.48. The Hall–Kier alpha value is -0.830. The normalized spacial score (nSPS) is 18.7. The lowest BCUT2D eigenvalue weighted by Crippen LogP contribution is -2.37. The molecule has 6 nitrogen and oxygen atoms in total. The number of methoxy groups -OCH3 is 2. The average molecular weight is 379 g/mol. The van der Waals surface area contributed by atoms with Crippen molar-refractivity contribution in [3.05, 3.63) is 16.6 Å². The van der Waals surface area contributed by atoms with E-state index in [-0.39, 0.29) is 10.9 Å². The number of benzene rings is 1. The summed E-state index contributed by atoms with van der Waals surface area (Å²) in [6, 6.07) is 3.23. The van der Waals surface area contributed by atoms with Crippen molar-refractivity contribution in [3.8, 4) is 11.5 Å². The summed E-state index contributed by atoms with van der Waals surface area (Å²) in [4.78, 5) is 0.137. The van der Waals surface area contributed by atoms with Crippen molar-refractivity contribution in [2.75, 3.05) is 27.3 Å². The second kappa shape index (κ2) is 6.95. The van der Waals surface area contributed by atoms with Crippen LogP contribution in [0, 0.1) is 0 Å². The fourth-order valence-electron chi connectivity index (χ4n) is 2.26. The Morgan fingerprint density at radius 1 is 1.33 bits per heavy atom. The summed E-state index contributed by atoms with van der Waals surface area (Å²) in [6.07, 6.45) is 2.06. The summed E-state index contributed by atoms with van der Waals surface area (Å²) in [7, 11) is -0.636. The van der Waals surface area contributed by atoms with Crippen LogP contribution in [0.2, 0.25) is 0 Å². The van der Waals surface area contributed by atoms with Crippen LogP contribution in [0.4, 0.5) is 0 Å². The van der Waals surface area contributed by atoms with E-state index in [1.807, 2.05) is 0 Å². The standard InChI is InChI=1S/C13H19BrN2O4S/c1-19-11-6-10(14)13(7-12(11)20-2)21(17,18)16-8-9-4-3-5-15-9/h6-7,9,15-16H,3-5,8H2,1-2H3/t9-/m1/s1. The maximum atomic E-state index is 12.4. The first-order chi connectivity index (χ1) is 9.97. The molecule has 0 radical (unpaired) electrons. The van der Waals surface area contributed by atoms with Gasteiger partial charge in [0.15, 0.2) is 11.5 Å². The van der Waals surface area contributed by atoms with Crippen LogP contribution in [0.5, 0.6) is 11.5 Å². The molecule has 0 unspecified atom stereocenters. The molecule has 0 aromatic heterocycles. The van der Waals surface area contributed by atoms with Crippen LogP contribution in [0.25, 0.3) is 0 Å². The molecule has 0 saturated carbocycles. The first kappa shape index (κ1) is 16.5. The van der Waals surface area contributed by atoms with Crippen LogP contribution in [0.15, 0.2) is 21.5 Å². The van der Waals surface area contributed by atoms with Crippen LogP contribution in [0.3, 0.4) is 0 Å². The lowest BCUT2D eigenvalue weighted by Gasteiger charge is -2.15. The number of nitrogens with one attached hydrogen (secondary N) is 2. The third kappa shape index (κ3) is 3.88. The molecule has 8 heteroatoms. The monoisotopic (exact) mass is 378 g/mol. The van der Waals surface area contributed by atoms with Crippen LogP contribution in [0.1, 0.15) is 12.8 Å². The van der Waals surface area contributed by atoms with E-state index in [0.717, 1.165) is 19.4 Å². The molecule has 1 saturated heterocycles. The van der Waals surface area contributed by atoms with E-state index in [2.05, 4.69) is 26.0 Å². The first-order valence-electron chi connectivity index (χ1n) is 6.62. The van der Waals surface area contributed by atoms with E-state index in [0.29, 0.717) is 22.5 Å². The molecule has 1 aromatic rings. The van der Waals surface area contributed by atoms with Crippen molar-refractivity contribution in [2.45, 2.75) is 23.8 Å². The predicted octanol–water partition coefficient (Wildman–Crippen LogP) is 1.50. The van der Waals surface area contributed by atoms with E-state index in [1.54, 1.807) is 6.07 Å². The summed E-state index contributed by atoms with van der Waals surface area (Å²) in [5.74, 6) is 0.848. The predicted molar refractivity (Wildman–Crippen MR) is 83.5 cm³/mol. The molecule has 1 aromatic carbocycles. The highest BCUT2D eigenvalue weighted by molar-refractivity contribution is 9.10. The number of hydrogen-bond acceptors (Lipinski definition) is 5. The van der Waals surface area contributed by atoms with E-state index in [9.17, 15) is 8.42 Å². The number of sulfonamides is 1. The molecule has 118 valence electrons. The molecule has 1 aliphatic heterocycles. The molecule has 21 heavy (non-hydrogen) atoms. The van der Waals surface area contributed by atoms with E-state index in [1.165, 1.54) is 20.3 Å². The zero-order chi connectivity index (χ0) is 15.5. The Balaban J connectivity index is 2.22. The minimum Gasteiger partial charge on any atom is -0.493 e. The van der Waals surface area contributed by atoms with Crippen LogP contribution >= 0.6 is 15.9 Å². The Morgan fingerprint density at radius 2 is 2.00 bits per heavy atom. The quantitative estimate of drug-likeness (QED) is 0.784. The Morgan fingerprint density at radius 3 is 2.57 bits per heavy atom. The summed E-state index contributed by atoms with van der Waals surface area (Å²) >= 11 is 3.27. The number of hydrogen-bond donors (Lipinski definition) is 2. The maximum Gasteiger partial charge on any atom is 0.241 e. The molecular weight excluding hydrogens is 360 g/mol. The highest BCUT2D eigenvalue weighted by Gasteiger charge is 2.23. The highest BCUT2D eigenvalue weighted by Crippen LogP contribution is 2.35. The van der Waals surface area contributed by atoms with Gasteiger partial charge < -0.3 is 14.8 Å². The van der Waals surface area contributed by atoms with Gasteiger partial charge in [0.2, 0.25) is 10.0 Å². The molecular formula is C13H19BrN2O4S. The molecule has 1 aliphatic rings. The third-order valence-electron chi connectivity index (χ3n) is 3.41.